The second-order valence-electron chi connectivity index (χ2n) is 4.73. The van der Waals surface area contributed by atoms with E-state index in [1.54, 1.807) is 0 Å². The summed E-state index contributed by atoms with van der Waals surface area (Å²) in [6.07, 6.45) is 0. The molecule has 2 aromatic rings. The highest BCUT2D eigenvalue weighted by atomic mass is 15.2. The minimum absolute atomic E-state index is 0.230. The topological polar surface area (TPSA) is 29.3 Å². The minimum Gasteiger partial charge on any atom is -0.363 e. The van der Waals surface area contributed by atoms with Crippen molar-refractivity contribution in [2.75, 3.05) is 18.0 Å². The summed E-state index contributed by atoms with van der Waals surface area (Å²) in [5.41, 5.74) is 9.89. The Balaban J connectivity index is 2.38. The lowest BCUT2D eigenvalue weighted by molar-refractivity contribution is 0.640. The normalized spacial score (nSPS) is 12.2. The zero-order valence-electron chi connectivity index (χ0n) is 11.7. The zero-order valence-corrected chi connectivity index (χ0v) is 11.7. The number of nitrogens with two attached hydrogens (primary N) is 1. The number of aryl methyl sites for hydroxylation is 1. The molecule has 1 unspecified atom stereocenters. The van der Waals surface area contributed by atoms with Crippen LogP contribution in [0.4, 0.5) is 5.69 Å². The molecule has 0 aromatic heterocycles. The molecule has 2 nitrogen and oxygen atoms in total. The summed E-state index contributed by atoms with van der Waals surface area (Å²) in [7, 11) is 0. The molecule has 0 heterocycles. The van der Waals surface area contributed by atoms with Crippen molar-refractivity contribution in [2.24, 2.45) is 5.73 Å². The number of hydrogen-bond acceptors (Lipinski definition) is 2. The van der Waals surface area contributed by atoms with E-state index in [4.69, 9.17) is 5.73 Å². The number of rotatable bonds is 5. The van der Waals surface area contributed by atoms with Gasteiger partial charge in [-0.15, -0.1) is 0 Å². The van der Waals surface area contributed by atoms with Crippen molar-refractivity contribution < 1.29 is 0 Å². The first kappa shape index (κ1) is 13.6. The summed E-state index contributed by atoms with van der Waals surface area (Å²) < 4.78 is 0. The Morgan fingerprint density at radius 3 is 2.21 bits per heavy atom. The molecule has 0 radical (unpaired) electrons. The molecular formula is C17H22N2. The maximum absolute atomic E-state index is 6.05. The Morgan fingerprint density at radius 2 is 1.63 bits per heavy atom. The van der Waals surface area contributed by atoms with Crippen LogP contribution in [0.1, 0.15) is 24.1 Å². The maximum atomic E-state index is 6.05. The first-order chi connectivity index (χ1) is 9.27. The van der Waals surface area contributed by atoms with Crippen molar-refractivity contribution in [3.63, 3.8) is 0 Å². The fourth-order valence-electron chi connectivity index (χ4n) is 2.59. The number of para-hydroxylation sites is 1. The van der Waals surface area contributed by atoms with Gasteiger partial charge in [0.05, 0.1) is 6.04 Å². The van der Waals surface area contributed by atoms with Gasteiger partial charge < -0.3 is 10.6 Å². The number of anilines is 1. The van der Waals surface area contributed by atoms with Gasteiger partial charge in [0.1, 0.15) is 0 Å². The Bertz CT molecular complexity index is 508. The van der Waals surface area contributed by atoms with E-state index in [0.717, 1.165) is 6.54 Å². The van der Waals surface area contributed by atoms with E-state index in [2.05, 4.69) is 67.3 Å². The van der Waals surface area contributed by atoms with Gasteiger partial charge in [-0.25, -0.2) is 0 Å². The van der Waals surface area contributed by atoms with Crippen molar-refractivity contribution in [3.05, 3.63) is 65.7 Å². The zero-order chi connectivity index (χ0) is 13.7. The first-order valence-corrected chi connectivity index (χ1v) is 6.85. The summed E-state index contributed by atoms with van der Waals surface area (Å²) in [6, 6.07) is 19.2. The van der Waals surface area contributed by atoms with E-state index in [9.17, 15) is 0 Å². The second-order valence-corrected chi connectivity index (χ2v) is 4.73. The number of benzene rings is 2. The quantitative estimate of drug-likeness (QED) is 0.884. The third kappa shape index (κ3) is 2.96. The average molecular weight is 254 g/mol. The van der Waals surface area contributed by atoms with Gasteiger partial charge in [-0.05, 0) is 37.1 Å². The predicted molar refractivity (Wildman–Crippen MR) is 82.4 cm³/mol. The monoisotopic (exact) mass is 254 g/mol. The van der Waals surface area contributed by atoms with Gasteiger partial charge in [0.2, 0.25) is 0 Å². The Morgan fingerprint density at radius 1 is 1.00 bits per heavy atom. The fraction of sp³-hybridized carbons (Fsp3) is 0.294. The fourth-order valence-corrected chi connectivity index (χ4v) is 2.59. The Hall–Kier alpha value is -1.80. The summed E-state index contributed by atoms with van der Waals surface area (Å²) >= 11 is 0. The Labute approximate surface area is 115 Å². The van der Waals surface area contributed by atoms with Crippen molar-refractivity contribution in [1.82, 2.24) is 0 Å². The molecule has 0 aliphatic carbocycles. The average Bonchev–Trinajstić information content (AvgIpc) is 2.46. The summed E-state index contributed by atoms with van der Waals surface area (Å²) in [5, 5.41) is 0. The van der Waals surface area contributed by atoms with Crippen molar-refractivity contribution in [2.45, 2.75) is 19.9 Å². The van der Waals surface area contributed by atoms with Crippen LogP contribution in [-0.2, 0) is 0 Å². The summed E-state index contributed by atoms with van der Waals surface area (Å²) in [5.74, 6) is 0. The molecule has 0 saturated heterocycles. The third-order valence-electron chi connectivity index (χ3n) is 3.58. The van der Waals surface area contributed by atoms with E-state index in [-0.39, 0.29) is 6.04 Å². The molecule has 0 aliphatic heterocycles. The minimum atomic E-state index is 0.230. The molecule has 2 heteroatoms. The van der Waals surface area contributed by atoms with Gasteiger partial charge in [-0.3, -0.25) is 0 Å². The van der Waals surface area contributed by atoms with Gasteiger partial charge in [0.25, 0.3) is 0 Å². The van der Waals surface area contributed by atoms with Gasteiger partial charge in [-0.2, -0.15) is 0 Å². The summed E-state index contributed by atoms with van der Waals surface area (Å²) in [6.45, 7) is 5.89. The van der Waals surface area contributed by atoms with E-state index in [1.807, 2.05) is 6.07 Å². The van der Waals surface area contributed by atoms with Crippen LogP contribution in [0, 0.1) is 6.92 Å². The van der Waals surface area contributed by atoms with E-state index >= 15 is 0 Å². The van der Waals surface area contributed by atoms with E-state index < -0.39 is 0 Å². The molecule has 0 amide bonds. The van der Waals surface area contributed by atoms with Crippen LogP contribution in [0.3, 0.4) is 0 Å². The van der Waals surface area contributed by atoms with Crippen LogP contribution in [0.2, 0.25) is 0 Å². The van der Waals surface area contributed by atoms with E-state index in [1.165, 1.54) is 16.8 Å². The standard InChI is InChI=1S/C17H22N2/c1-3-19(15-10-5-4-6-11-15)17(13-18)16-12-8-7-9-14(16)2/h4-12,17H,3,13,18H2,1-2H3. The highest BCUT2D eigenvalue weighted by Gasteiger charge is 2.19. The highest BCUT2D eigenvalue weighted by Crippen LogP contribution is 2.27. The van der Waals surface area contributed by atoms with Gasteiger partial charge in [-0.1, -0.05) is 42.5 Å². The van der Waals surface area contributed by atoms with Crippen LogP contribution >= 0.6 is 0 Å². The van der Waals surface area contributed by atoms with Crippen molar-refractivity contribution in [1.29, 1.82) is 0 Å². The van der Waals surface area contributed by atoms with E-state index in [0.29, 0.717) is 6.54 Å². The number of hydrogen-bond donors (Lipinski definition) is 1. The van der Waals surface area contributed by atoms with Gasteiger partial charge in [0, 0.05) is 18.8 Å². The highest BCUT2D eigenvalue weighted by molar-refractivity contribution is 5.49. The largest absolute Gasteiger partial charge is 0.363 e. The molecule has 2 aromatic carbocycles. The first-order valence-electron chi connectivity index (χ1n) is 6.85. The molecule has 100 valence electrons. The molecular weight excluding hydrogens is 232 g/mol. The number of nitrogens with zero attached hydrogens (tertiary/aromatic N) is 1. The van der Waals surface area contributed by atoms with Gasteiger partial charge in [0.15, 0.2) is 0 Å². The molecule has 0 aliphatic rings. The lowest BCUT2D eigenvalue weighted by atomic mass is 9.99. The SMILES string of the molecule is CCN(c1ccccc1)C(CN)c1ccccc1C. The molecule has 19 heavy (non-hydrogen) atoms. The third-order valence-corrected chi connectivity index (χ3v) is 3.58. The molecule has 2 N–H and O–H groups in total. The molecule has 0 spiro atoms. The lowest BCUT2D eigenvalue weighted by Gasteiger charge is -2.33. The lowest BCUT2D eigenvalue weighted by Crippen LogP contribution is -2.34. The second kappa shape index (κ2) is 6.39. The maximum Gasteiger partial charge on any atom is 0.0667 e. The van der Waals surface area contributed by atoms with Gasteiger partial charge >= 0.3 is 0 Å². The van der Waals surface area contributed by atoms with Crippen molar-refractivity contribution in [3.8, 4) is 0 Å². The smallest absolute Gasteiger partial charge is 0.0667 e. The molecule has 0 saturated carbocycles. The molecule has 0 fully saturated rings. The molecule has 1 atom stereocenters. The van der Waals surface area contributed by atoms with Crippen LogP contribution < -0.4 is 10.6 Å². The predicted octanol–water partition coefficient (Wildman–Crippen LogP) is 3.52. The molecule has 2 rings (SSSR count). The van der Waals surface area contributed by atoms with Crippen LogP contribution in [0.5, 0.6) is 0 Å². The Kier molecular flexibility index (Phi) is 4.58. The molecule has 0 bridgehead atoms. The van der Waals surface area contributed by atoms with Crippen molar-refractivity contribution >= 4 is 5.69 Å². The van der Waals surface area contributed by atoms with Crippen LogP contribution in [-0.4, -0.2) is 13.1 Å². The van der Waals surface area contributed by atoms with Crippen LogP contribution in [0.15, 0.2) is 54.6 Å². The van der Waals surface area contributed by atoms with Crippen LogP contribution in [0.25, 0.3) is 0 Å². The number of likely N-dealkylation sites (N-methyl/N-ethyl adjacent to an activating group) is 1. The summed E-state index contributed by atoms with van der Waals surface area (Å²) in [4.78, 5) is 2.36.